The Kier molecular flexibility index (Phi) is 6.17. The van der Waals surface area contributed by atoms with Gasteiger partial charge in [-0.15, -0.1) is 0 Å². The van der Waals surface area contributed by atoms with E-state index in [4.69, 9.17) is 5.73 Å². The molecule has 2 N–H and O–H groups in total. The van der Waals surface area contributed by atoms with Crippen LogP contribution in [0.5, 0.6) is 0 Å². The first-order valence-electron chi connectivity index (χ1n) is 7.03. The molecule has 1 aromatic rings. The van der Waals surface area contributed by atoms with Crippen molar-refractivity contribution in [2.24, 2.45) is 11.7 Å². The van der Waals surface area contributed by atoms with Crippen molar-refractivity contribution in [3.63, 3.8) is 0 Å². The van der Waals surface area contributed by atoms with E-state index in [1.807, 2.05) is 52.0 Å². The minimum atomic E-state index is -3.29. The Morgan fingerprint density at radius 3 is 1.95 bits per heavy atom. The summed E-state index contributed by atoms with van der Waals surface area (Å²) < 4.78 is 26.7. The highest BCUT2D eigenvalue weighted by atomic mass is 32.2. The summed E-state index contributed by atoms with van der Waals surface area (Å²) in [5, 5.41) is 0. The van der Waals surface area contributed by atoms with Crippen molar-refractivity contribution < 1.29 is 8.42 Å². The molecular weight excluding hydrogens is 272 g/mol. The lowest BCUT2D eigenvalue weighted by Crippen LogP contribution is -2.40. The van der Waals surface area contributed by atoms with E-state index in [2.05, 4.69) is 0 Å². The number of benzene rings is 1. The van der Waals surface area contributed by atoms with E-state index in [-0.39, 0.29) is 11.8 Å². The fourth-order valence-corrected chi connectivity index (χ4v) is 4.02. The zero-order valence-corrected chi connectivity index (χ0v) is 13.7. The number of sulfonamides is 1. The summed E-state index contributed by atoms with van der Waals surface area (Å²) in [6.45, 7) is 8.91. The van der Waals surface area contributed by atoms with Gasteiger partial charge in [-0.05, 0) is 30.9 Å². The highest BCUT2D eigenvalue weighted by Crippen LogP contribution is 2.16. The highest BCUT2D eigenvalue weighted by molar-refractivity contribution is 7.88. The number of nitrogens with two attached hydrogens (primary N) is 1. The summed E-state index contributed by atoms with van der Waals surface area (Å²) >= 11 is 0. The second kappa shape index (κ2) is 7.20. The molecule has 0 aliphatic heterocycles. The molecule has 0 radical (unpaired) electrons. The van der Waals surface area contributed by atoms with Gasteiger partial charge in [0.2, 0.25) is 10.0 Å². The summed E-state index contributed by atoms with van der Waals surface area (Å²) in [7, 11) is -3.29. The van der Waals surface area contributed by atoms with Crippen LogP contribution in [0.1, 0.15) is 38.8 Å². The average molecular weight is 298 g/mol. The monoisotopic (exact) mass is 298 g/mol. The van der Waals surface area contributed by atoms with Crippen LogP contribution in [-0.2, 0) is 22.3 Å². The molecule has 0 aliphatic carbocycles. The standard InChI is InChI=1S/C15H26N2O2S/c1-12(2)10-17(13(3)4)20(18,19)11-15-7-5-14(9-16)6-8-15/h5-8,12-13H,9-11,16H2,1-4H3. The second-order valence-electron chi connectivity index (χ2n) is 5.83. The molecule has 0 amide bonds. The molecule has 0 spiro atoms. The molecule has 0 heterocycles. The summed E-state index contributed by atoms with van der Waals surface area (Å²) in [4.78, 5) is 0. The molecule has 5 heteroatoms. The van der Waals surface area contributed by atoms with E-state index in [1.165, 1.54) is 0 Å². The number of hydrogen-bond donors (Lipinski definition) is 1. The molecule has 4 nitrogen and oxygen atoms in total. The molecule has 0 unspecified atom stereocenters. The van der Waals surface area contributed by atoms with Crippen molar-refractivity contribution in [1.29, 1.82) is 0 Å². The predicted octanol–water partition coefficient (Wildman–Crippen LogP) is 2.34. The first-order valence-corrected chi connectivity index (χ1v) is 8.64. The van der Waals surface area contributed by atoms with E-state index < -0.39 is 10.0 Å². The Hall–Kier alpha value is -0.910. The summed E-state index contributed by atoms with van der Waals surface area (Å²) in [6.07, 6.45) is 0. The molecule has 20 heavy (non-hydrogen) atoms. The van der Waals surface area contributed by atoms with Crippen molar-refractivity contribution in [1.82, 2.24) is 4.31 Å². The third-order valence-electron chi connectivity index (χ3n) is 3.09. The van der Waals surface area contributed by atoms with Crippen LogP contribution in [0.25, 0.3) is 0 Å². The lowest BCUT2D eigenvalue weighted by molar-refractivity contribution is 0.318. The van der Waals surface area contributed by atoms with Crippen LogP contribution >= 0.6 is 0 Å². The molecule has 0 aliphatic rings. The Morgan fingerprint density at radius 1 is 1.05 bits per heavy atom. The minimum absolute atomic E-state index is 0.0225. The maximum atomic E-state index is 12.5. The second-order valence-corrected chi connectivity index (χ2v) is 7.76. The van der Waals surface area contributed by atoms with Gasteiger partial charge in [-0.2, -0.15) is 4.31 Å². The van der Waals surface area contributed by atoms with Gasteiger partial charge in [-0.3, -0.25) is 0 Å². The fourth-order valence-electron chi connectivity index (χ4n) is 2.07. The molecule has 114 valence electrons. The summed E-state index contributed by atoms with van der Waals surface area (Å²) in [5.41, 5.74) is 7.35. The van der Waals surface area contributed by atoms with Crippen molar-refractivity contribution in [3.05, 3.63) is 35.4 Å². The summed E-state index contributed by atoms with van der Waals surface area (Å²) in [5.74, 6) is 0.356. The maximum absolute atomic E-state index is 12.5. The van der Waals surface area contributed by atoms with Gasteiger partial charge in [0, 0.05) is 19.1 Å². The van der Waals surface area contributed by atoms with Crippen LogP contribution in [-0.4, -0.2) is 25.3 Å². The Labute approximate surface area is 123 Å². The van der Waals surface area contributed by atoms with Crippen LogP contribution in [0.2, 0.25) is 0 Å². The maximum Gasteiger partial charge on any atom is 0.218 e. The predicted molar refractivity (Wildman–Crippen MR) is 83.6 cm³/mol. The smallest absolute Gasteiger partial charge is 0.218 e. The van der Waals surface area contributed by atoms with Gasteiger partial charge in [0.05, 0.1) is 5.75 Å². The van der Waals surface area contributed by atoms with Crippen molar-refractivity contribution in [2.45, 2.75) is 46.0 Å². The molecule has 0 aromatic heterocycles. The lowest BCUT2D eigenvalue weighted by atomic mass is 10.1. The number of rotatable bonds is 7. The number of hydrogen-bond acceptors (Lipinski definition) is 3. The van der Waals surface area contributed by atoms with E-state index in [0.29, 0.717) is 19.0 Å². The van der Waals surface area contributed by atoms with E-state index in [0.717, 1.165) is 11.1 Å². The van der Waals surface area contributed by atoms with Gasteiger partial charge in [0.1, 0.15) is 0 Å². The quantitative estimate of drug-likeness (QED) is 0.840. The van der Waals surface area contributed by atoms with Crippen LogP contribution in [0, 0.1) is 5.92 Å². The topological polar surface area (TPSA) is 63.4 Å². The average Bonchev–Trinajstić information content (AvgIpc) is 2.35. The molecule has 0 saturated carbocycles. The molecule has 1 aromatic carbocycles. The fraction of sp³-hybridized carbons (Fsp3) is 0.600. The molecule has 1 rings (SSSR count). The van der Waals surface area contributed by atoms with Crippen LogP contribution < -0.4 is 5.73 Å². The molecule has 0 bridgehead atoms. The van der Waals surface area contributed by atoms with E-state index >= 15 is 0 Å². The Morgan fingerprint density at radius 2 is 1.55 bits per heavy atom. The van der Waals surface area contributed by atoms with Crippen LogP contribution in [0.15, 0.2) is 24.3 Å². The first kappa shape index (κ1) is 17.1. The van der Waals surface area contributed by atoms with Gasteiger partial charge in [-0.25, -0.2) is 8.42 Å². The van der Waals surface area contributed by atoms with Crippen LogP contribution in [0.4, 0.5) is 0 Å². The molecule has 0 atom stereocenters. The SMILES string of the molecule is CC(C)CN(C(C)C)S(=O)(=O)Cc1ccc(CN)cc1. The lowest BCUT2D eigenvalue weighted by Gasteiger charge is -2.27. The van der Waals surface area contributed by atoms with Crippen molar-refractivity contribution in [2.75, 3.05) is 6.54 Å². The van der Waals surface area contributed by atoms with Gasteiger partial charge in [0.25, 0.3) is 0 Å². The van der Waals surface area contributed by atoms with Gasteiger partial charge < -0.3 is 5.73 Å². The molecular formula is C15H26N2O2S. The number of nitrogens with zero attached hydrogens (tertiary/aromatic N) is 1. The Balaban J connectivity index is 2.90. The first-order chi connectivity index (χ1) is 9.26. The minimum Gasteiger partial charge on any atom is -0.326 e. The largest absolute Gasteiger partial charge is 0.326 e. The normalized spacial score (nSPS) is 12.6. The van der Waals surface area contributed by atoms with Crippen LogP contribution in [0.3, 0.4) is 0 Å². The zero-order valence-electron chi connectivity index (χ0n) is 12.8. The third-order valence-corrected chi connectivity index (χ3v) is 5.07. The Bertz CT molecular complexity index is 507. The van der Waals surface area contributed by atoms with Crippen molar-refractivity contribution >= 4 is 10.0 Å². The van der Waals surface area contributed by atoms with Crippen molar-refractivity contribution in [3.8, 4) is 0 Å². The van der Waals surface area contributed by atoms with E-state index in [9.17, 15) is 8.42 Å². The third kappa shape index (κ3) is 4.89. The zero-order chi connectivity index (χ0) is 15.3. The molecule has 0 fully saturated rings. The van der Waals surface area contributed by atoms with Gasteiger partial charge in [-0.1, -0.05) is 38.1 Å². The van der Waals surface area contributed by atoms with Gasteiger partial charge in [0.15, 0.2) is 0 Å². The van der Waals surface area contributed by atoms with E-state index in [1.54, 1.807) is 4.31 Å². The highest BCUT2D eigenvalue weighted by Gasteiger charge is 2.25. The summed E-state index contributed by atoms with van der Waals surface area (Å²) in [6, 6.07) is 7.42. The van der Waals surface area contributed by atoms with Gasteiger partial charge >= 0.3 is 0 Å². The molecule has 0 saturated heterocycles.